The third-order valence-electron chi connectivity index (χ3n) is 1.56. The van der Waals surface area contributed by atoms with Crippen LogP contribution in [-0.4, -0.2) is 18.0 Å². The van der Waals surface area contributed by atoms with Crippen LogP contribution < -0.4 is 0 Å². The summed E-state index contributed by atoms with van der Waals surface area (Å²) in [5.74, 6) is -11.0. The number of hydrogen-bond donors (Lipinski definition) is 0. The zero-order valence-electron chi connectivity index (χ0n) is 6.97. The summed E-state index contributed by atoms with van der Waals surface area (Å²) in [7, 11) is 0. The van der Waals surface area contributed by atoms with Crippen molar-refractivity contribution in [2.45, 2.75) is 37.3 Å². The molecule has 0 aliphatic carbocycles. The van der Waals surface area contributed by atoms with Crippen LogP contribution in [0.25, 0.3) is 0 Å². The molecule has 0 bridgehead atoms. The third-order valence-corrected chi connectivity index (χ3v) is 1.56. The van der Waals surface area contributed by atoms with Crippen molar-refractivity contribution in [3.63, 3.8) is 0 Å². The van der Waals surface area contributed by atoms with E-state index in [0.29, 0.717) is 0 Å². The van der Waals surface area contributed by atoms with Gasteiger partial charge < -0.3 is 0 Å². The van der Waals surface area contributed by atoms with Crippen molar-refractivity contribution in [1.29, 1.82) is 0 Å². The van der Waals surface area contributed by atoms with E-state index in [9.17, 15) is 30.7 Å². The van der Waals surface area contributed by atoms with Gasteiger partial charge in [-0.3, -0.25) is 0 Å². The molecule has 0 saturated carbocycles. The maximum absolute atomic E-state index is 12.4. The second kappa shape index (κ2) is 3.94. The van der Waals surface area contributed by atoms with Gasteiger partial charge >= 0.3 is 18.0 Å². The molecule has 0 fully saturated rings. The second-order valence-corrected chi connectivity index (χ2v) is 2.73. The summed E-state index contributed by atoms with van der Waals surface area (Å²) in [6.07, 6.45) is -8.36. The fraction of sp³-hybridized carbons (Fsp3) is 0.857. The van der Waals surface area contributed by atoms with E-state index in [1.54, 1.807) is 0 Å². The lowest BCUT2D eigenvalue weighted by atomic mass is 10.0. The van der Waals surface area contributed by atoms with Crippen LogP contribution in [0.3, 0.4) is 0 Å². The molecule has 1 radical (unpaired) electrons. The average Bonchev–Trinajstić information content (AvgIpc) is 1.98. The van der Waals surface area contributed by atoms with Gasteiger partial charge in [0.25, 0.3) is 0 Å². The zero-order chi connectivity index (χ0) is 11.6. The SMILES string of the molecule is [CH2]CCCC(F)(F)C(F)(F)C(F)(F)F. The lowest BCUT2D eigenvalue weighted by Gasteiger charge is -2.27. The van der Waals surface area contributed by atoms with Gasteiger partial charge in [0, 0.05) is 6.42 Å². The molecule has 0 nitrogen and oxygen atoms in total. The fourth-order valence-corrected chi connectivity index (χ4v) is 0.711. The van der Waals surface area contributed by atoms with Crippen LogP contribution in [-0.2, 0) is 0 Å². The summed E-state index contributed by atoms with van der Waals surface area (Å²) >= 11 is 0. The lowest BCUT2D eigenvalue weighted by molar-refractivity contribution is -0.355. The Balaban J connectivity index is 4.69. The van der Waals surface area contributed by atoms with Crippen molar-refractivity contribution in [2.24, 2.45) is 0 Å². The van der Waals surface area contributed by atoms with E-state index in [-0.39, 0.29) is 6.42 Å². The number of rotatable bonds is 4. The second-order valence-electron chi connectivity index (χ2n) is 2.73. The van der Waals surface area contributed by atoms with Crippen LogP contribution in [0, 0.1) is 6.92 Å². The Labute approximate surface area is 76.1 Å². The molecule has 0 unspecified atom stereocenters. The van der Waals surface area contributed by atoms with Crippen LogP contribution in [0.1, 0.15) is 19.3 Å². The predicted molar refractivity (Wildman–Crippen MR) is 35.2 cm³/mol. The van der Waals surface area contributed by atoms with Crippen molar-refractivity contribution in [3.05, 3.63) is 6.92 Å². The molecule has 0 aromatic rings. The molecular formula is C7H8F7. The van der Waals surface area contributed by atoms with Crippen LogP contribution in [0.5, 0.6) is 0 Å². The maximum atomic E-state index is 12.4. The Bertz CT molecular complexity index is 181. The van der Waals surface area contributed by atoms with Crippen molar-refractivity contribution in [3.8, 4) is 0 Å². The molecule has 0 spiro atoms. The summed E-state index contributed by atoms with van der Waals surface area (Å²) in [6, 6.07) is 0. The first-order valence-electron chi connectivity index (χ1n) is 3.68. The van der Waals surface area contributed by atoms with Gasteiger partial charge in [-0.25, -0.2) is 0 Å². The van der Waals surface area contributed by atoms with Crippen LogP contribution in [0.15, 0.2) is 0 Å². The summed E-state index contributed by atoms with van der Waals surface area (Å²) < 4.78 is 83.6. The van der Waals surface area contributed by atoms with Crippen LogP contribution >= 0.6 is 0 Å². The van der Waals surface area contributed by atoms with Gasteiger partial charge in [0.1, 0.15) is 0 Å². The molecule has 7 heteroatoms. The monoisotopic (exact) mass is 225 g/mol. The number of unbranched alkanes of at least 4 members (excludes halogenated alkanes) is 1. The van der Waals surface area contributed by atoms with Crippen LogP contribution in [0.2, 0.25) is 0 Å². The molecule has 0 aliphatic heterocycles. The summed E-state index contributed by atoms with van der Waals surface area (Å²) in [6.45, 7) is 3.07. The van der Waals surface area contributed by atoms with E-state index in [1.165, 1.54) is 0 Å². The highest BCUT2D eigenvalue weighted by atomic mass is 19.4. The van der Waals surface area contributed by atoms with Gasteiger partial charge in [-0.2, -0.15) is 30.7 Å². The van der Waals surface area contributed by atoms with Gasteiger partial charge in [0.15, 0.2) is 0 Å². The number of hydrogen-bond acceptors (Lipinski definition) is 0. The molecule has 0 atom stereocenters. The summed E-state index contributed by atoms with van der Waals surface area (Å²) in [5.41, 5.74) is 0. The van der Waals surface area contributed by atoms with E-state index in [1.807, 2.05) is 0 Å². The van der Waals surface area contributed by atoms with Gasteiger partial charge in [-0.15, -0.1) is 0 Å². The summed E-state index contributed by atoms with van der Waals surface area (Å²) in [4.78, 5) is 0. The van der Waals surface area contributed by atoms with Crippen molar-refractivity contribution < 1.29 is 30.7 Å². The Morgan fingerprint density at radius 1 is 0.857 bits per heavy atom. The summed E-state index contributed by atoms with van der Waals surface area (Å²) in [5, 5.41) is 0. The Morgan fingerprint density at radius 2 is 1.29 bits per heavy atom. The standard InChI is InChI=1S/C7H8F7/c1-2-3-4-5(8,9)6(10,11)7(12,13)14/h1-4H2. The number of halogens is 7. The molecule has 0 N–H and O–H groups in total. The first-order valence-corrected chi connectivity index (χ1v) is 3.68. The highest BCUT2D eigenvalue weighted by Crippen LogP contribution is 2.48. The van der Waals surface area contributed by atoms with Crippen molar-refractivity contribution >= 4 is 0 Å². The van der Waals surface area contributed by atoms with E-state index >= 15 is 0 Å². The first kappa shape index (κ1) is 13.5. The largest absolute Gasteiger partial charge is 0.459 e. The zero-order valence-corrected chi connectivity index (χ0v) is 6.97. The van der Waals surface area contributed by atoms with Gasteiger partial charge in [-0.1, -0.05) is 13.3 Å². The Morgan fingerprint density at radius 3 is 1.57 bits per heavy atom. The van der Waals surface area contributed by atoms with E-state index in [4.69, 9.17) is 0 Å². The molecule has 0 amide bonds. The maximum Gasteiger partial charge on any atom is 0.459 e. The van der Waals surface area contributed by atoms with Crippen molar-refractivity contribution in [1.82, 2.24) is 0 Å². The van der Waals surface area contributed by atoms with E-state index in [0.717, 1.165) is 0 Å². The normalized spacial score (nSPS) is 14.6. The van der Waals surface area contributed by atoms with E-state index in [2.05, 4.69) is 6.92 Å². The molecular weight excluding hydrogens is 217 g/mol. The molecule has 0 aromatic carbocycles. The van der Waals surface area contributed by atoms with Crippen molar-refractivity contribution in [2.75, 3.05) is 0 Å². The van der Waals surface area contributed by atoms with E-state index < -0.39 is 30.9 Å². The number of alkyl halides is 7. The highest BCUT2D eigenvalue weighted by Gasteiger charge is 2.72. The molecule has 85 valence electrons. The highest BCUT2D eigenvalue weighted by molar-refractivity contribution is 4.90. The minimum absolute atomic E-state index is 0.122. The predicted octanol–water partition coefficient (Wildman–Crippen LogP) is 3.82. The first-order chi connectivity index (χ1) is 6.06. The topological polar surface area (TPSA) is 0 Å². The molecule has 0 aliphatic rings. The Kier molecular flexibility index (Phi) is 3.80. The lowest BCUT2D eigenvalue weighted by Crippen LogP contribution is -2.51. The van der Waals surface area contributed by atoms with Gasteiger partial charge in [0.2, 0.25) is 0 Å². The molecule has 14 heavy (non-hydrogen) atoms. The smallest absolute Gasteiger partial charge is 0.200 e. The molecule has 0 heterocycles. The molecule has 0 saturated heterocycles. The molecule has 0 aromatic heterocycles. The third kappa shape index (κ3) is 2.51. The minimum atomic E-state index is -6.22. The Hall–Kier alpha value is -0.490. The van der Waals surface area contributed by atoms with Crippen LogP contribution in [0.4, 0.5) is 30.7 Å². The van der Waals surface area contributed by atoms with Gasteiger partial charge in [0.05, 0.1) is 0 Å². The minimum Gasteiger partial charge on any atom is -0.200 e. The quantitative estimate of drug-likeness (QED) is 0.638. The molecule has 0 rings (SSSR count). The fourth-order valence-electron chi connectivity index (χ4n) is 0.711. The van der Waals surface area contributed by atoms with Gasteiger partial charge in [-0.05, 0) is 6.42 Å². The average molecular weight is 225 g/mol.